The van der Waals surface area contributed by atoms with Gasteiger partial charge in [0.25, 0.3) is 5.56 Å². The van der Waals surface area contributed by atoms with Crippen LogP contribution in [0.4, 0.5) is 0 Å². The van der Waals surface area contributed by atoms with Gasteiger partial charge in [-0.1, -0.05) is 5.11 Å². The molecule has 1 aliphatic rings. The molecule has 10 N–H and O–H groups in total. The third kappa shape index (κ3) is 8.47. The number of aliphatic hydroxyl groups is 7. The minimum atomic E-state index is -5.82. The molecule has 1 aliphatic heterocycles. The van der Waals surface area contributed by atoms with Crippen LogP contribution in [0, 0.1) is 0 Å². The molecule has 0 amide bonds. The average Bonchev–Trinajstić information content (AvgIpc) is 3.13. The number of aromatic amines is 1. The minimum absolute atomic E-state index is 0.636. The summed E-state index contributed by atoms with van der Waals surface area (Å²) in [5.74, 6) is -2.24. The van der Waals surface area contributed by atoms with Crippen molar-refractivity contribution in [3.05, 3.63) is 43.5 Å². The van der Waals surface area contributed by atoms with Crippen molar-refractivity contribution in [2.75, 3.05) is 6.61 Å². The van der Waals surface area contributed by atoms with Crippen molar-refractivity contribution in [2.24, 2.45) is 5.11 Å². The van der Waals surface area contributed by atoms with Crippen molar-refractivity contribution in [3.8, 4) is 0 Å². The van der Waals surface area contributed by atoms with Gasteiger partial charge in [-0.25, -0.2) is 18.7 Å². The fraction of sp³-hybridized carbons (Fsp3) is 0.667. The molecule has 0 saturated carbocycles. The highest BCUT2D eigenvalue weighted by molar-refractivity contribution is 7.61. The summed E-state index contributed by atoms with van der Waals surface area (Å²) in [6.45, 7) is -1.24. The van der Waals surface area contributed by atoms with Gasteiger partial charge in [-0.3, -0.25) is 18.9 Å². The monoisotopic (exact) mass is 623 g/mol. The van der Waals surface area contributed by atoms with Crippen LogP contribution >= 0.6 is 15.6 Å². The second kappa shape index (κ2) is 13.4. The summed E-state index contributed by atoms with van der Waals surface area (Å²) in [6.07, 6.45) is -19.6. The number of phosphoric ester groups is 1. The van der Waals surface area contributed by atoms with E-state index in [9.17, 15) is 59.3 Å². The summed E-state index contributed by atoms with van der Waals surface area (Å²) in [4.78, 5) is 57.3. The molecule has 10 atom stereocenters. The van der Waals surface area contributed by atoms with E-state index < -0.39 is 94.7 Å². The fourth-order valence-corrected chi connectivity index (χ4v) is 5.15. The van der Waals surface area contributed by atoms with Gasteiger partial charge in [-0.15, -0.1) is 0 Å². The van der Waals surface area contributed by atoms with Crippen molar-refractivity contribution in [3.63, 3.8) is 0 Å². The molecule has 0 radical (unpaired) electrons. The van der Waals surface area contributed by atoms with E-state index in [0.29, 0.717) is 4.57 Å². The molecule has 2 rings (SSSR count). The van der Waals surface area contributed by atoms with Crippen LogP contribution < -0.4 is 11.2 Å². The van der Waals surface area contributed by atoms with Crippen LogP contribution in [0.25, 0.3) is 10.4 Å². The Morgan fingerprint density at radius 1 is 1.12 bits per heavy atom. The van der Waals surface area contributed by atoms with Gasteiger partial charge < -0.3 is 54.8 Å². The van der Waals surface area contributed by atoms with E-state index in [-0.39, 0.29) is 0 Å². The maximum Gasteiger partial charge on any atom is 0.541 e. The largest absolute Gasteiger partial charge is 0.541 e. The number of phosphoric acid groups is 2. The van der Waals surface area contributed by atoms with E-state index in [4.69, 9.17) is 20.1 Å². The van der Waals surface area contributed by atoms with Crippen LogP contribution in [0.1, 0.15) is 6.23 Å². The van der Waals surface area contributed by atoms with Crippen LogP contribution in [0.2, 0.25) is 0 Å². The molecule has 1 fully saturated rings. The zero-order valence-electron chi connectivity index (χ0n) is 19.4. The first-order chi connectivity index (χ1) is 18.4. The van der Waals surface area contributed by atoms with Crippen molar-refractivity contribution in [1.82, 2.24) is 9.55 Å². The molecular weight excluding hydrogens is 600 g/mol. The molecule has 0 spiro atoms. The molecule has 0 aromatic carbocycles. The number of aliphatic hydroxyl groups excluding tert-OH is 7. The van der Waals surface area contributed by atoms with E-state index >= 15 is 0 Å². The lowest BCUT2D eigenvalue weighted by Gasteiger charge is -2.27. The highest BCUT2D eigenvalue weighted by Gasteiger charge is 2.48. The Labute approximate surface area is 219 Å². The zero-order chi connectivity index (χ0) is 30.6. The molecule has 40 heavy (non-hydrogen) atoms. The predicted molar refractivity (Wildman–Crippen MR) is 119 cm³/mol. The molecule has 1 saturated heterocycles. The number of carbonyl (C=O) groups is 1. The van der Waals surface area contributed by atoms with Crippen LogP contribution in [0.3, 0.4) is 0 Å². The topological polar surface area (TPSA) is 374 Å². The molecule has 0 aliphatic carbocycles. The van der Waals surface area contributed by atoms with Gasteiger partial charge in [-0.05, 0) is 5.53 Å². The second-order valence-electron chi connectivity index (χ2n) is 7.82. The number of carbonyl (C=O) groups excluding carboxylic acids is 1. The average molecular weight is 623 g/mol. The summed E-state index contributed by atoms with van der Waals surface area (Å²) in [5, 5.41) is 71.4. The van der Waals surface area contributed by atoms with Crippen molar-refractivity contribution in [1.29, 1.82) is 0 Å². The summed E-state index contributed by atoms with van der Waals surface area (Å²) in [7, 11) is -11.6. The summed E-state index contributed by atoms with van der Waals surface area (Å²) < 4.78 is 42.4. The Hall–Kier alpha value is -2.56. The Kier molecular flexibility index (Phi) is 11.3. The van der Waals surface area contributed by atoms with E-state index in [1.807, 2.05) is 4.98 Å². The van der Waals surface area contributed by atoms with Gasteiger partial charge in [0.2, 0.25) is 0 Å². The second-order valence-corrected chi connectivity index (χ2v) is 10.8. The van der Waals surface area contributed by atoms with Crippen LogP contribution in [0.5, 0.6) is 0 Å². The fourth-order valence-electron chi connectivity index (χ4n) is 3.08. The Morgan fingerprint density at radius 3 is 2.30 bits per heavy atom. The van der Waals surface area contributed by atoms with Crippen LogP contribution in [-0.2, 0) is 32.0 Å². The minimum Gasteiger partial charge on any atom is -0.387 e. The van der Waals surface area contributed by atoms with Crippen LogP contribution in [-0.4, -0.2) is 117 Å². The Balaban J connectivity index is 2.18. The summed E-state index contributed by atoms with van der Waals surface area (Å²) in [6, 6.07) is 0.863. The summed E-state index contributed by atoms with van der Waals surface area (Å²) >= 11 is 0. The van der Waals surface area contributed by atoms with Gasteiger partial charge in [-0.2, -0.15) is 4.31 Å². The molecule has 25 heteroatoms. The maximum atomic E-state index is 12.8. The van der Waals surface area contributed by atoms with E-state index in [0.717, 1.165) is 12.3 Å². The zero-order valence-corrected chi connectivity index (χ0v) is 21.2. The number of hydrogen-bond acceptors (Lipinski definition) is 17. The molecule has 0 bridgehead atoms. The number of H-pyrrole nitrogens is 1. The quantitative estimate of drug-likeness (QED) is 0.0425. The lowest BCUT2D eigenvalue weighted by molar-refractivity contribution is -0.166. The molecular formula is C15H23N5O18P2. The predicted octanol–water partition coefficient (Wildman–Crippen LogP) is -4.99. The van der Waals surface area contributed by atoms with Gasteiger partial charge in [0.1, 0.15) is 36.6 Å². The number of azide groups is 1. The normalized spacial score (nSPS) is 26.5. The van der Waals surface area contributed by atoms with Gasteiger partial charge >= 0.3 is 27.3 Å². The molecule has 1 aromatic rings. The highest BCUT2D eigenvalue weighted by Crippen LogP contribution is 2.61. The van der Waals surface area contributed by atoms with Crippen molar-refractivity contribution in [2.45, 2.75) is 55.2 Å². The lowest BCUT2D eigenvalue weighted by atomic mass is 10.0. The van der Waals surface area contributed by atoms with Gasteiger partial charge in [0.05, 0.1) is 6.61 Å². The van der Waals surface area contributed by atoms with E-state index in [1.165, 1.54) is 0 Å². The maximum absolute atomic E-state index is 12.8. The smallest absolute Gasteiger partial charge is 0.387 e. The number of rotatable bonds is 13. The first-order valence-electron chi connectivity index (χ1n) is 10.4. The van der Waals surface area contributed by atoms with Crippen molar-refractivity contribution < 1.29 is 77.6 Å². The third-order valence-corrected chi connectivity index (χ3v) is 7.53. The Bertz CT molecular complexity index is 1310. The standard InChI is InChI=1S/C15H23N5O18P2/c16-19-18-12(28)9(25)7(23)8(24)11(27)14(29)37-40(34,38-39(31,32)33)35-3-4-6(22)10(26)13(36-4)20-2-1-5(21)17-15(20)30/h1-2,4,6-13,22-28H,3H2,(H,17,21,30)(H2,31,32,33)/t4-,6-,7+,8+,9+,10-,11-,12?,13-,40?/m1/s1. The van der Waals surface area contributed by atoms with E-state index in [2.05, 4.69) is 23.4 Å². The number of nitrogens with zero attached hydrogens (tertiary/aromatic N) is 4. The van der Waals surface area contributed by atoms with Crippen molar-refractivity contribution >= 4 is 21.6 Å². The van der Waals surface area contributed by atoms with Crippen LogP contribution in [0.15, 0.2) is 27.0 Å². The summed E-state index contributed by atoms with van der Waals surface area (Å²) in [5.41, 5.74) is 6.31. The molecule has 23 nitrogen and oxygen atoms in total. The first-order valence-corrected chi connectivity index (χ1v) is 13.4. The Morgan fingerprint density at radius 2 is 1.75 bits per heavy atom. The molecule has 226 valence electrons. The van der Waals surface area contributed by atoms with Gasteiger partial charge in [0, 0.05) is 17.2 Å². The van der Waals surface area contributed by atoms with Gasteiger partial charge in [0.15, 0.2) is 18.6 Å². The van der Waals surface area contributed by atoms with E-state index in [1.54, 1.807) is 0 Å². The lowest BCUT2D eigenvalue weighted by Crippen LogP contribution is -2.51. The SMILES string of the molecule is [N-]=[N+]=NC(O)[C@@H](O)[C@@H](O)[C@H](O)[C@@H](O)C(=O)OP(=O)(OC[C@H]1O[C@@H](n2ccc(=O)[nH]c2=O)[C@H](O)[C@@H]1O)OP(=O)(O)O. The number of hydrogen-bond donors (Lipinski definition) is 10. The highest BCUT2D eigenvalue weighted by atomic mass is 31.3. The number of aromatic nitrogens is 2. The molecule has 1 aromatic heterocycles. The molecule has 2 heterocycles. The number of nitrogens with one attached hydrogen (secondary N) is 1. The third-order valence-electron chi connectivity index (χ3n) is 5.01. The molecule has 2 unspecified atom stereocenters. The number of ether oxygens (including phenoxy) is 1. The first kappa shape index (κ1) is 33.6.